The maximum atomic E-state index is 11.8. The summed E-state index contributed by atoms with van der Waals surface area (Å²) >= 11 is 0. The van der Waals surface area contributed by atoms with Crippen molar-refractivity contribution in [2.45, 2.75) is 39.3 Å². The molecule has 1 amide bonds. The first-order valence-corrected chi connectivity index (χ1v) is 6.37. The first kappa shape index (κ1) is 15.2. The highest BCUT2D eigenvalue weighted by atomic mass is 16.5. The zero-order valence-corrected chi connectivity index (χ0v) is 11.6. The van der Waals surface area contributed by atoms with E-state index in [4.69, 9.17) is 4.74 Å². The molecule has 0 aromatic carbocycles. The zero-order chi connectivity index (χ0) is 14.3. The van der Waals surface area contributed by atoms with E-state index in [9.17, 15) is 9.59 Å². The number of nitrogens with zero attached hydrogens (tertiary/aromatic N) is 2. The van der Waals surface area contributed by atoms with Crippen LogP contribution in [0.3, 0.4) is 0 Å². The van der Waals surface area contributed by atoms with Crippen molar-refractivity contribution < 1.29 is 14.3 Å². The van der Waals surface area contributed by atoms with Crippen molar-refractivity contribution in [3.05, 3.63) is 18.5 Å². The van der Waals surface area contributed by atoms with Crippen molar-refractivity contribution >= 4 is 11.9 Å². The summed E-state index contributed by atoms with van der Waals surface area (Å²) in [5, 5.41) is 6.72. The minimum Gasteiger partial charge on any atom is -0.467 e. The van der Waals surface area contributed by atoms with Gasteiger partial charge in [0, 0.05) is 25.4 Å². The first-order chi connectivity index (χ1) is 9.02. The third kappa shape index (κ3) is 5.54. The van der Waals surface area contributed by atoms with Gasteiger partial charge in [0.25, 0.3) is 0 Å². The van der Waals surface area contributed by atoms with E-state index in [1.54, 1.807) is 23.1 Å². The van der Waals surface area contributed by atoms with E-state index in [1.807, 2.05) is 13.8 Å². The molecule has 0 radical (unpaired) electrons. The average Bonchev–Trinajstić information content (AvgIpc) is 2.87. The Morgan fingerprint density at radius 2 is 2.16 bits per heavy atom. The number of ether oxygens (including phenoxy) is 1. The number of hydrogen-bond acceptors (Lipinski definition) is 4. The molecule has 0 fully saturated rings. The number of rotatable bonds is 7. The summed E-state index contributed by atoms with van der Waals surface area (Å²) in [5.41, 5.74) is 0. The molecule has 1 atom stereocenters. The van der Waals surface area contributed by atoms with Crippen LogP contribution in [0.5, 0.6) is 0 Å². The Labute approximate surface area is 113 Å². The molecule has 0 bridgehead atoms. The lowest BCUT2D eigenvalue weighted by Gasteiger charge is -2.18. The van der Waals surface area contributed by atoms with Crippen molar-refractivity contribution in [1.82, 2.24) is 15.1 Å². The number of aromatic nitrogens is 2. The highest BCUT2D eigenvalue weighted by Crippen LogP contribution is 2.06. The van der Waals surface area contributed by atoms with Crippen LogP contribution in [-0.4, -0.2) is 34.8 Å². The van der Waals surface area contributed by atoms with Crippen molar-refractivity contribution in [2.24, 2.45) is 5.92 Å². The summed E-state index contributed by atoms with van der Waals surface area (Å²) < 4.78 is 6.37. The van der Waals surface area contributed by atoms with Crippen LogP contribution < -0.4 is 5.32 Å². The number of aryl methyl sites for hydroxylation is 1. The van der Waals surface area contributed by atoms with Gasteiger partial charge >= 0.3 is 5.97 Å². The number of methoxy groups -OCH3 is 1. The lowest BCUT2D eigenvalue weighted by atomic mass is 10.0. The second-order valence-electron chi connectivity index (χ2n) is 4.79. The van der Waals surface area contributed by atoms with Gasteiger partial charge in [-0.25, -0.2) is 4.79 Å². The quantitative estimate of drug-likeness (QED) is 0.747. The molecule has 0 spiro atoms. The number of nitrogens with one attached hydrogen (secondary N) is 1. The molecule has 0 aliphatic carbocycles. The molecule has 1 heterocycles. The Kier molecular flexibility index (Phi) is 6.05. The zero-order valence-electron chi connectivity index (χ0n) is 11.6. The summed E-state index contributed by atoms with van der Waals surface area (Å²) in [4.78, 5) is 23.4. The Bertz CT molecular complexity index is 401. The third-order valence-electron chi connectivity index (χ3n) is 2.66. The van der Waals surface area contributed by atoms with Crippen molar-refractivity contribution in [2.75, 3.05) is 7.11 Å². The lowest BCUT2D eigenvalue weighted by molar-refractivity contribution is -0.145. The van der Waals surface area contributed by atoms with Gasteiger partial charge in [0.2, 0.25) is 5.91 Å². The highest BCUT2D eigenvalue weighted by molar-refractivity contribution is 5.84. The first-order valence-electron chi connectivity index (χ1n) is 6.37. The predicted molar refractivity (Wildman–Crippen MR) is 70.2 cm³/mol. The summed E-state index contributed by atoms with van der Waals surface area (Å²) in [6, 6.07) is 1.23. The topological polar surface area (TPSA) is 73.2 Å². The van der Waals surface area contributed by atoms with Crippen molar-refractivity contribution in [3.63, 3.8) is 0 Å². The smallest absolute Gasteiger partial charge is 0.328 e. The van der Waals surface area contributed by atoms with E-state index in [0.29, 0.717) is 18.9 Å². The van der Waals surface area contributed by atoms with Gasteiger partial charge in [-0.05, 0) is 18.4 Å². The van der Waals surface area contributed by atoms with Gasteiger partial charge in [0.05, 0.1) is 7.11 Å². The molecule has 1 unspecified atom stereocenters. The fourth-order valence-corrected chi connectivity index (χ4v) is 1.74. The molecule has 106 valence electrons. The monoisotopic (exact) mass is 267 g/mol. The normalized spacial score (nSPS) is 12.2. The SMILES string of the molecule is COC(=O)C(CC(C)C)NC(=O)CCn1cccn1. The highest BCUT2D eigenvalue weighted by Gasteiger charge is 2.22. The van der Waals surface area contributed by atoms with E-state index in [-0.39, 0.29) is 12.3 Å². The average molecular weight is 267 g/mol. The van der Waals surface area contributed by atoms with Gasteiger partial charge < -0.3 is 10.1 Å². The summed E-state index contributed by atoms with van der Waals surface area (Å²) in [5.74, 6) is -0.275. The van der Waals surface area contributed by atoms with Crippen molar-refractivity contribution in [3.8, 4) is 0 Å². The van der Waals surface area contributed by atoms with E-state index >= 15 is 0 Å². The second kappa shape index (κ2) is 7.56. The van der Waals surface area contributed by atoms with E-state index in [2.05, 4.69) is 10.4 Å². The fraction of sp³-hybridized carbons (Fsp3) is 0.615. The van der Waals surface area contributed by atoms with Gasteiger partial charge in [0.1, 0.15) is 6.04 Å². The standard InChI is InChI=1S/C13H21N3O3/c1-10(2)9-11(13(18)19-3)15-12(17)5-8-16-7-4-6-14-16/h4,6-7,10-11H,5,8-9H2,1-3H3,(H,15,17). The minimum atomic E-state index is -0.574. The van der Waals surface area contributed by atoms with Crippen molar-refractivity contribution in [1.29, 1.82) is 0 Å². The van der Waals surface area contributed by atoms with Gasteiger partial charge in [-0.1, -0.05) is 13.8 Å². The molecule has 0 saturated carbocycles. The maximum Gasteiger partial charge on any atom is 0.328 e. The predicted octanol–water partition coefficient (Wildman–Crippen LogP) is 0.977. The molecule has 19 heavy (non-hydrogen) atoms. The third-order valence-corrected chi connectivity index (χ3v) is 2.66. The summed E-state index contributed by atoms with van der Waals surface area (Å²) in [7, 11) is 1.32. The van der Waals surface area contributed by atoms with E-state index < -0.39 is 12.0 Å². The molecule has 0 saturated heterocycles. The summed E-state index contributed by atoms with van der Waals surface area (Å²) in [6.07, 6.45) is 4.31. The van der Waals surface area contributed by atoms with Gasteiger partial charge in [0.15, 0.2) is 0 Å². The Morgan fingerprint density at radius 3 is 2.68 bits per heavy atom. The molecular weight excluding hydrogens is 246 g/mol. The molecule has 1 aromatic rings. The van der Waals surface area contributed by atoms with E-state index in [1.165, 1.54) is 7.11 Å². The number of hydrogen-bond donors (Lipinski definition) is 1. The fourth-order valence-electron chi connectivity index (χ4n) is 1.74. The van der Waals surface area contributed by atoms with Crippen LogP contribution in [0.1, 0.15) is 26.7 Å². The molecule has 0 aliphatic rings. The van der Waals surface area contributed by atoms with Crippen LogP contribution >= 0.6 is 0 Å². The second-order valence-corrected chi connectivity index (χ2v) is 4.79. The molecule has 1 aromatic heterocycles. The number of esters is 1. The van der Waals surface area contributed by atoms with Crippen LogP contribution in [0, 0.1) is 5.92 Å². The number of carbonyl (C=O) groups is 2. The van der Waals surface area contributed by atoms with Crippen LogP contribution in [-0.2, 0) is 20.9 Å². The van der Waals surface area contributed by atoms with E-state index in [0.717, 1.165) is 0 Å². The minimum absolute atomic E-state index is 0.174. The molecule has 1 N–H and O–H groups in total. The molecule has 1 rings (SSSR count). The lowest BCUT2D eigenvalue weighted by Crippen LogP contribution is -2.42. The molecule has 6 nitrogen and oxygen atoms in total. The number of amides is 1. The Morgan fingerprint density at radius 1 is 1.42 bits per heavy atom. The molecular formula is C13H21N3O3. The van der Waals surface area contributed by atoms with Crippen LogP contribution in [0.25, 0.3) is 0 Å². The van der Waals surface area contributed by atoms with Crippen LogP contribution in [0.4, 0.5) is 0 Å². The molecule has 6 heteroatoms. The summed E-state index contributed by atoms with van der Waals surface area (Å²) in [6.45, 7) is 4.48. The van der Waals surface area contributed by atoms with Gasteiger partial charge in [-0.2, -0.15) is 5.10 Å². The maximum absolute atomic E-state index is 11.8. The Balaban J connectivity index is 2.44. The van der Waals surface area contributed by atoms with Crippen LogP contribution in [0.2, 0.25) is 0 Å². The number of carbonyl (C=O) groups excluding carboxylic acids is 2. The van der Waals surface area contributed by atoms with Crippen LogP contribution in [0.15, 0.2) is 18.5 Å². The largest absolute Gasteiger partial charge is 0.467 e. The molecule has 0 aliphatic heterocycles. The Hall–Kier alpha value is -1.85. The van der Waals surface area contributed by atoms with Gasteiger partial charge in [-0.15, -0.1) is 0 Å². The van der Waals surface area contributed by atoms with Gasteiger partial charge in [-0.3, -0.25) is 9.48 Å².